The highest BCUT2D eigenvalue weighted by molar-refractivity contribution is 6.06. The summed E-state index contributed by atoms with van der Waals surface area (Å²) in [6.07, 6.45) is 1.62. The molecule has 3 amide bonds. The lowest BCUT2D eigenvalue weighted by molar-refractivity contribution is -0.132. The van der Waals surface area contributed by atoms with Gasteiger partial charge in [0.2, 0.25) is 0 Å². The highest BCUT2D eigenvalue weighted by Crippen LogP contribution is 2.25. The van der Waals surface area contributed by atoms with Crippen molar-refractivity contribution in [2.45, 2.75) is 52.6 Å². The van der Waals surface area contributed by atoms with E-state index in [2.05, 4.69) is 60.2 Å². The van der Waals surface area contributed by atoms with Crippen LogP contribution < -0.4 is 5.32 Å². The molecule has 2 fully saturated rings. The zero-order chi connectivity index (χ0) is 20.3. The highest BCUT2D eigenvalue weighted by Gasteiger charge is 2.47. The number of aryl methyl sites for hydroxylation is 1. The number of carbonyl (C=O) groups is 2. The maximum Gasteiger partial charge on any atom is 0.326 e. The van der Waals surface area contributed by atoms with Crippen molar-refractivity contribution in [2.75, 3.05) is 32.8 Å². The molecule has 0 spiro atoms. The molecule has 1 N–H and O–H groups in total. The second-order valence-corrected chi connectivity index (χ2v) is 8.95. The second-order valence-electron chi connectivity index (χ2n) is 8.95. The summed E-state index contributed by atoms with van der Waals surface area (Å²) in [6, 6.07) is 8.38. The van der Waals surface area contributed by atoms with Gasteiger partial charge in [0.15, 0.2) is 0 Å². The van der Waals surface area contributed by atoms with Gasteiger partial charge in [-0.15, -0.1) is 0 Å². The Labute approximate surface area is 168 Å². The van der Waals surface area contributed by atoms with Crippen molar-refractivity contribution in [2.24, 2.45) is 5.92 Å². The molecular weight excluding hydrogens is 352 g/mol. The van der Waals surface area contributed by atoms with Gasteiger partial charge >= 0.3 is 6.03 Å². The molecule has 1 atom stereocenters. The number of amides is 3. The Bertz CT molecular complexity index is 712. The molecule has 0 aromatic heterocycles. The lowest BCUT2D eigenvalue weighted by atomic mass is 9.92. The summed E-state index contributed by atoms with van der Waals surface area (Å²) in [5.74, 6) is 0.428. The molecule has 0 saturated carbocycles. The molecule has 28 heavy (non-hydrogen) atoms. The predicted octanol–water partition coefficient (Wildman–Crippen LogP) is 2.82. The fourth-order valence-corrected chi connectivity index (χ4v) is 3.98. The number of hydrogen-bond acceptors (Lipinski definition) is 4. The van der Waals surface area contributed by atoms with Crippen molar-refractivity contribution < 1.29 is 9.59 Å². The number of benzene rings is 1. The normalized spacial score (nSPS) is 24.2. The Morgan fingerprint density at radius 1 is 1.11 bits per heavy atom. The van der Waals surface area contributed by atoms with E-state index in [1.807, 2.05) is 6.92 Å². The van der Waals surface area contributed by atoms with E-state index in [-0.39, 0.29) is 11.9 Å². The molecule has 1 aromatic carbocycles. The van der Waals surface area contributed by atoms with Crippen molar-refractivity contribution in [3.05, 3.63) is 35.4 Å². The van der Waals surface area contributed by atoms with Gasteiger partial charge in [-0.25, -0.2) is 9.69 Å². The molecule has 2 saturated heterocycles. The minimum Gasteiger partial charge on any atom is -0.323 e. The van der Waals surface area contributed by atoms with Crippen molar-refractivity contribution in [3.63, 3.8) is 0 Å². The second kappa shape index (κ2) is 8.62. The summed E-state index contributed by atoms with van der Waals surface area (Å²) in [6.45, 7) is 13.2. The van der Waals surface area contributed by atoms with Crippen LogP contribution in [0.1, 0.15) is 44.7 Å². The summed E-state index contributed by atoms with van der Waals surface area (Å²) in [5, 5.41) is 2.92. The first-order valence-electron chi connectivity index (χ1n) is 10.4. The van der Waals surface area contributed by atoms with E-state index in [1.54, 1.807) is 0 Å². The van der Waals surface area contributed by atoms with Gasteiger partial charge in [0, 0.05) is 32.7 Å². The van der Waals surface area contributed by atoms with Gasteiger partial charge in [-0.1, -0.05) is 43.7 Å². The van der Waals surface area contributed by atoms with Crippen LogP contribution in [0, 0.1) is 12.8 Å². The Morgan fingerprint density at radius 2 is 1.79 bits per heavy atom. The Kier molecular flexibility index (Phi) is 6.40. The van der Waals surface area contributed by atoms with E-state index in [0.29, 0.717) is 19.0 Å². The third-order valence-electron chi connectivity index (χ3n) is 5.86. The summed E-state index contributed by atoms with van der Waals surface area (Å²) >= 11 is 0. The minimum absolute atomic E-state index is 0.0830. The molecule has 3 rings (SSSR count). The number of carbonyl (C=O) groups excluding carboxylic acids is 2. The van der Waals surface area contributed by atoms with Crippen LogP contribution in [-0.2, 0) is 11.3 Å². The van der Waals surface area contributed by atoms with Gasteiger partial charge in [-0.05, 0) is 38.2 Å². The standard InChI is InChI=1S/C22H34N4O2/c1-17(2)8-9-22(4)20(27)26(21(28)23-22)16-25-12-10-24(11-13-25)15-19-7-5-6-18(3)14-19/h5-7,14,17H,8-13,15-16H2,1-4H3,(H,23,28)/t22-/m0/s1. The van der Waals surface area contributed by atoms with Gasteiger partial charge in [-0.3, -0.25) is 14.6 Å². The van der Waals surface area contributed by atoms with Crippen molar-refractivity contribution >= 4 is 11.9 Å². The number of nitrogens with zero attached hydrogens (tertiary/aromatic N) is 3. The van der Waals surface area contributed by atoms with Crippen LogP contribution in [-0.4, -0.2) is 65.0 Å². The first-order valence-corrected chi connectivity index (χ1v) is 10.4. The Morgan fingerprint density at radius 3 is 2.43 bits per heavy atom. The summed E-state index contributed by atoms with van der Waals surface area (Å²) < 4.78 is 0. The Balaban J connectivity index is 1.50. The zero-order valence-electron chi connectivity index (χ0n) is 17.7. The molecule has 0 bridgehead atoms. The van der Waals surface area contributed by atoms with E-state index < -0.39 is 5.54 Å². The van der Waals surface area contributed by atoms with Crippen LogP contribution in [0.25, 0.3) is 0 Å². The monoisotopic (exact) mass is 386 g/mol. The predicted molar refractivity (Wildman–Crippen MR) is 111 cm³/mol. The first kappa shape index (κ1) is 20.8. The molecule has 6 heteroatoms. The molecule has 2 heterocycles. The smallest absolute Gasteiger partial charge is 0.323 e. The van der Waals surface area contributed by atoms with E-state index in [9.17, 15) is 9.59 Å². The molecule has 154 valence electrons. The zero-order valence-corrected chi connectivity index (χ0v) is 17.7. The largest absolute Gasteiger partial charge is 0.326 e. The first-order chi connectivity index (χ1) is 13.3. The number of imide groups is 1. The van der Waals surface area contributed by atoms with E-state index in [4.69, 9.17) is 0 Å². The van der Waals surface area contributed by atoms with E-state index in [1.165, 1.54) is 16.0 Å². The molecular formula is C22H34N4O2. The lowest BCUT2D eigenvalue weighted by Gasteiger charge is -2.36. The maximum atomic E-state index is 12.9. The Hall–Kier alpha value is -1.92. The molecule has 2 aliphatic heterocycles. The van der Waals surface area contributed by atoms with Crippen LogP contribution in [0.5, 0.6) is 0 Å². The van der Waals surface area contributed by atoms with Crippen LogP contribution >= 0.6 is 0 Å². The van der Waals surface area contributed by atoms with Crippen LogP contribution in [0.4, 0.5) is 4.79 Å². The third-order valence-corrected chi connectivity index (χ3v) is 5.86. The van der Waals surface area contributed by atoms with Gasteiger partial charge in [0.25, 0.3) is 5.91 Å². The molecule has 2 aliphatic rings. The van der Waals surface area contributed by atoms with Gasteiger partial charge < -0.3 is 5.32 Å². The average Bonchev–Trinajstić information content (AvgIpc) is 2.85. The summed E-state index contributed by atoms with van der Waals surface area (Å²) in [5.41, 5.74) is 1.87. The maximum absolute atomic E-state index is 12.9. The van der Waals surface area contributed by atoms with Gasteiger partial charge in [0.1, 0.15) is 5.54 Å². The van der Waals surface area contributed by atoms with Gasteiger partial charge in [0.05, 0.1) is 6.67 Å². The number of urea groups is 1. The van der Waals surface area contributed by atoms with Crippen molar-refractivity contribution in [1.29, 1.82) is 0 Å². The quantitative estimate of drug-likeness (QED) is 0.732. The SMILES string of the molecule is Cc1cccc(CN2CCN(CN3C(=O)N[C@@](C)(CCC(C)C)C3=O)CC2)c1. The van der Waals surface area contributed by atoms with Crippen molar-refractivity contribution in [1.82, 2.24) is 20.0 Å². The molecule has 0 unspecified atom stereocenters. The number of rotatable bonds is 7. The number of nitrogens with one attached hydrogen (secondary N) is 1. The van der Waals surface area contributed by atoms with Gasteiger partial charge in [-0.2, -0.15) is 0 Å². The van der Waals surface area contributed by atoms with Crippen LogP contribution in [0.15, 0.2) is 24.3 Å². The minimum atomic E-state index is -0.756. The highest BCUT2D eigenvalue weighted by atomic mass is 16.2. The lowest BCUT2D eigenvalue weighted by Crippen LogP contribution is -2.51. The van der Waals surface area contributed by atoms with E-state index >= 15 is 0 Å². The fourth-order valence-electron chi connectivity index (χ4n) is 3.98. The number of hydrogen-bond donors (Lipinski definition) is 1. The fraction of sp³-hybridized carbons (Fsp3) is 0.636. The van der Waals surface area contributed by atoms with Crippen molar-refractivity contribution in [3.8, 4) is 0 Å². The third kappa shape index (κ3) is 4.92. The molecule has 0 aliphatic carbocycles. The molecule has 0 radical (unpaired) electrons. The van der Waals surface area contributed by atoms with Crippen LogP contribution in [0.2, 0.25) is 0 Å². The average molecular weight is 387 g/mol. The summed E-state index contributed by atoms with van der Waals surface area (Å²) in [4.78, 5) is 31.3. The molecule has 1 aromatic rings. The molecule has 6 nitrogen and oxygen atoms in total. The summed E-state index contributed by atoms with van der Waals surface area (Å²) in [7, 11) is 0. The topological polar surface area (TPSA) is 55.9 Å². The van der Waals surface area contributed by atoms with E-state index in [0.717, 1.165) is 39.1 Å². The number of piperazine rings is 1. The van der Waals surface area contributed by atoms with Crippen LogP contribution in [0.3, 0.4) is 0 Å².